The largest absolute Gasteiger partial charge is 0.393 e. The Morgan fingerprint density at radius 2 is 2.00 bits per heavy atom. The molecule has 0 fully saturated rings. The Morgan fingerprint density at radius 3 is 2.67 bits per heavy atom. The Bertz CT molecular complexity index is 765. The van der Waals surface area contributed by atoms with Gasteiger partial charge in [-0.2, -0.15) is 5.26 Å². The van der Waals surface area contributed by atoms with Gasteiger partial charge in [0, 0.05) is 11.8 Å². The van der Waals surface area contributed by atoms with E-state index in [-0.39, 0.29) is 16.9 Å². The number of nitro groups is 1. The van der Waals surface area contributed by atoms with Crippen molar-refractivity contribution in [3.8, 4) is 6.07 Å². The van der Waals surface area contributed by atoms with Crippen molar-refractivity contribution in [3.05, 3.63) is 63.7 Å². The predicted octanol–water partition coefficient (Wildman–Crippen LogP) is 2.30. The number of anilines is 2. The molecule has 0 unspecified atom stereocenters. The average molecular weight is 282 g/mol. The molecule has 0 saturated carbocycles. The molecule has 2 aromatic rings. The van der Waals surface area contributed by atoms with Gasteiger partial charge in [0.1, 0.15) is 5.69 Å². The summed E-state index contributed by atoms with van der Waals surface area (Å²) in [6, 6.07) is 12.3. The second-order valence-electron chi connectivity index (χ2n) is 4.14. The van der Waals surface area contributed by atoms with E-state index in [9.17, 15) is 14.9 Å². The van der Waals surface area contributed by atoms with Crippen LogP contribution >= 0.6 is 0 Å². The predicted molar refractivity (Wildman–Crippen MR) is 76.6 cm³/mol. The lowest BCUT2D eigenvalue weighted by Gasteiger charge is -2.07. The summed E-state index contributed by atoms with van der Waals surface area (Å²) in [6.45, 7) is 0. The summed E-state index contributed by atoms with van der Waals surface area (Å²) in [7, 11) is 0. The molecule has 0 aromatic heterocycles. The highest BCUT2D eigenvalue weighted by Crippen LogP contribution is 2.25. The summed E-state index contributed by atoms with van der Waals surface area (Å²) in [4.78, 5) is 22.3. The Kier molecular flexibility index (Phi) is 3.81. The van der Waals surface area contributed by atoms with Crippen molar-refractivity contribution < 1.29 is 9.72 Å². The number of hydrogen-bond donors (Lipinski definition) is 2. The minimum atomic E-state index is -0.650. The van der Waals surface area contributed by atoms with Crippen LogP contribution in [0.1, 0.15) is 15.9 Å². The van der Waals surface area contributed by atoms with Crippen molar-refractivity contribution in [2.24, 2.45) is 0 Å². The highest BCUT2D eigenvalue weighted by Gasteiger charge is 2.19. The zero-order chi connectivity index (χ0) is 15.4. The van der Waals surface area contributed by atoms with E-state index >= 15 is 0 Å². The molecule has 3 N–H and O–H groups in total. The van der Waals surface area contributed by atoms with E-state index in [1.807, 2.05) is 6.07 Å². The molecule has 0 atom stereocenters. The first-order chi connectivity index (χ1) is 10.0. The zero-order valence-electron chi connectivity index (χ0n) is 10.7. The SMILES string of the molecule is N#Cc1cccc(NC(=O)c2cccc([N+](=O)[O-])c2N)c1. The number of nitro benzene ring substituents is 1. The highest BCUT2D eigenvalue weighted by molar-refractivity contribution is 6.08. The first-order valence-corrected chi connectivity index (χ1v) is 5.87. The molecule has 0 aliphatic rings. The summed E-state index contributed by atoms with van der Waals surface area (Å²) in [5.41, 5.74) is 5.92. The molecule has 2 rings (SSSR count). The van der Waals surface area contributed by atoms with Gasteiger partial charge in [-0.25, -0.2) is 0 Å². The lowest BCUT2D eigenvalue weighted by Crippen LogP contribution is -2.14. The van der Waals surface area contributed by atoms with Gasteiger partial charge in [0.05, 0.1) is 22.1 Å². The number of nitrogens with zero attached hydrogens (tertiary/aromatic N) is 2. The molecular formula is C14H10N4O3. The molecule has 7 heteroatoms. The first kappa shape index (κ1) is 14.0. The van der Waals surface area contributed by atoms with Crippen molar-refractivity contribution in [2.75, 3.05) is 11.1 Å². The van der Waals surface area contributed by atoms with E-state index in [1.165, 1.54) is 24.3 Å². The van der Waals surface area contributed by atoms with Crippen LogP contribution in [0.5, 0.6) is 0 Å². The maximum atomic E-state index is 12.1. The maximum Gasteiger partial charge on any atom is 0.292 e. The number of nitrogens with one attached hydrogen (secondary N) is 1. The molecule has 104 valence electrons. The van der Waals surface area contributed by atoms with Crippen LogP contribution < -0.4 is 11.1 Å². The maximum absolute atomic E-state index is 12.1. The Morgan fingerprint density at radius 1 is 1.29 bits per heavy atom. The highest BCUT2D eigenvalue weighted by atomic mass is 16.6. The zero-order valence-corrected chi connectivity index (χ0v) is 10.7. The van der Waals surface area contributed by atoms with Crippen LogP contribution in [0.2, 0.25) is 0 Å². The lowest BCUT2D eigenvalue weighted by molar-refractivity contribution is -0.383. The molecular weight excluding hydrogens is 272 g/mol. The molecule has 0 spiro atoms. The van der Waals surface area contributed by atoms with Crippen molar-refractivity contribution in [3.63, 3.8) is 0 Å². The molecule has 7 nitrogen and oxygen atoms in total. The molecule has 21 heavy (non-hydrogen) atoms. The third kappa shape index (κ3) is 2.96. The van der Waals surface area contributed by atoms with Gasteiger partial charge in [0.25, 0.3) is 11.6 Å². The number of benzene rings is 2. The molecule has 0 saturated heterocycles. The van der Waals surface area contributed by atoms with Crippen molar-refractivity contribution in [2.45, 2.75) is 0 Å². The second kappa shape index (κ2) is 5.71. The smallest absolute Gasteiger partial charge is 0.292 e. The van der Waals surface area contributed by atoms with Crippen LogP contribution in [0, 0.1) is 21.4 Å². The number of nitriles is 1. The standard InChI is InChI=1S/C14H10N4O3/c15-8-9-3-1-4-10(7-9)17-14(19)11-5-2-6-12(13(11)16)18(20)21/h1-7H,16H2,(H,17,19). The van der Waals surface area contributed by atoms with E-state index in [2.05, 4.69) is 5.32 Å². The molecule has 0 heterocycles. The van der Waals surface area contributed by atoms with Gasteiger partial charge in [-0.05, 0) is 24.3 Å². The molecule has 2 aromatic carbocycles. The minimum absolute atomic E-state index is 0.00607. The van der Waals surface area contributed by atoms with Crippen molar-refractivity contribution in [1.29, 1.82) is 5.26 Å². The van der Waals surface area contributed by atoms with E-state index < -0.39 is 10.8 Å². The van der Waals surface area contributed by atoms with Gasteiger partial charge in [-0.3, -0.25) is 14.9 Å². The third-order valence-corrected chi connectivity index (χ3v) is 2.77. The Balaban J connectivity index is 2.31. The van der Waals surface area contributed by atoms with Gasteiger partial charge in [-0.15, -0.1) is 0 Å². The summed E-state index contributed by atoms with van der Waals surface area (Å²) in [6.07, 6.45) is 0. The fraction of sp³-hybridized carbons (Fsp3) is 0. The van der Waals surface area contributed by atoms with Crippen LogP contribution in [0.25, 0.3) is 0 Å². The van der Waals surface area contributed by atoms with E-state index in [1.54, 1.807) is 18.2 Å². The molecule has 0 aliphatic heterocycles. The molecule has 0 aliphatic carbocycles. The van der Waals surface area contributed by atoms with E-state index in [4.69, 9.17) is 11.0 Å². The van der Waals surface area contributed by atoms with Gasteiger partial charge < -0.3 is 11.1 Å². The monoisotopic (exact) mass is 282 g/mol. The normalized spacial score (nSPS) is 9.67. The quantitative estimate of drug-likeness (QED) is 0.508. The summed E-state index contributed by atoms with van der Waals surface area (Å²) in [5, 5.41) is 22.1. The number of carbonyl (C=O) groups is 1. The van der Waals surface area contributed by atoms with Crippen molar-refractivity contribution in [1.82, 2.24) is 0 Å². The summed E-state index contributed by atoms with van der Waals surface area (Å²) in [5.74, 6) is -0.578. The second-order valence-corrected chi connectivity index (χ2v) is 4.14. The third-order valence-electron chi connectivity index (χ3n) is 2.77. The Labute approximate surface area is 119 Å². The topological polar surface area (TPSA) is 122 Å². The van der Waals surface area contributed by atoms with Crippen LogP contribution in [0.3, 0.4) is 0 Å². The number of para-hydroxylation sites is 1. The fourth-order valence-electron chi connectivity index (χ4n) is 1.78. The summed E-state index contributed by atoms with van der Waals surface area (Å²) < 4.78 is 0. The van der Waals surface area contributed by atoms with Gasteiger partial charge in [0.15, 0.2) is 0 Å². The fourth-order valence-corrected chi connectivity index (χ4v) is 1.78. The lowest BCUT2D eigenvalue weighted by atomic mass is 10.1. The van der Waals surface area contributed by atoms with Crippen LogP contribution in [0.4, 0.5) is 17.1 Å². The van der Waals surface area contributed by atoms with Crippen LogP contribution in [0.15, 0.2) is 42.5 Å². The van der Waals surface area contributed by atoms with Gasteiger partial charge in [-0.1, -0.05) is 12.1 Å². The minimum Gasteiger partial charge on any atom is -0.393 e. The summed E-state index contributed by atoms with van der Waals surface area (Å²) >= 11 is 0. The molecule has 1 amide bonds. The number of nitrogen functional groups attached to an aromatic ring is 1. The van der Waals surface area contributed by atoms with Gasteiger partial charge >= 0.3 is 0 Å². The number of rotatable bonds is 3. The van der Waals surface area contributed by atoms with E-state index in [0.717, 1.165) is 0 Å². The molecule has 0 bridgehead atoms. The molecule has 0 radical (unpaired) electrons. The number of hydrogen-bond acceptors (Lipinski definition) is 5. The van der Waals surface area contributed by atoms with Crippen LogP contribution in [-0.2, 0) is 0 Å². The number of nitrogens with two attached hydrogens (primary N) is 1. The average Bonchev–Trinajstić information content (AvgIpc) is 2.47. The van der Waals surface area contributed by atoms with Crippen molar-refractivity contribution >= 4 is 23.0 Å². The van der Waals surface area contributed by atoms with E-state index in [0.29, 0.717) is 11.3 Å². The Hall–Kier alpha value is -3.40. The number of amides is 1. The first-order valence-electron chi connectivity index (χ1n) is 5.87. The van der Waals surface area contributed by atoms with Crippen LogP contribution in [-0.4, -0.2) is 10.8 Å². The number of carbonyl (C=O) groups excluding carboxylic acids is 1. The van der Waals surface area contributed by atoms with Gasteiger partial charge in [0.2, 0.25) is 0 Å².